The smallest absolute Gasteiger partial charge is 0.191 e. The van der Waals surface area contributed by atoms with E-state index in [1.165, 1.54) is 22.0 Å². The number of benzene rings is 1. The molecule has 0 saturated carbocycles. The van der Waals surface area contributed by atoms with E-state index >= 15 is 0 Å². The van der Waals surface area contributed by atoms with Crippen molar-refractivity contribution in [1.29, 1.82) is 0 Å². The Morgan fingerprint density at radius 2 is 2.31 bits per heavy atom. The van der Waals surface area contributed by atoms with Crippen LogP contribution in [0, 0.1) is 6.92 Å². The molecule has 8 nitrogen and oxygen atoms in total. The lowest BCUT2D eigenvalue weighted by molar-refractivity contribution is 0.177. The Morgan fingerprint density at radius 3 is 3.14 bits per heavy atom. The Balaban J connectivity index is 1.30. The highest BCUT2D eigenvalue weighted by atomic mass is 16.5. The highest BCUT2D eigenvalue weighted by molar-refractivity contribution is 5.84. The van der Waals surface area contributed by atoms with E-state index in [0.717, 1.165) is 50.0 Å². The van der Waals surface area contributed by atoms with Crippen molar-refractivity contribution in [1.82, 2.24) is 30.4 Å². The van der Waals surface area contributed by atoms with E-state index in [1.807, 2.05) is 11.7 Å². The molecule has 3 N–H and O–H groups in total. The first-order valence-electron chi connectivity index (χ1n) is 10.1. The number of methoxy groups -OCH3 is 1. The molecule has 0 radical (unpaired) electrons. The maximum atomic E-state index is 5.14. The molecule has 1 aliphatic rings. The molecular weight excluding hydrogens is 366 g/mol. The Morgan fingerprint density at radius 1 is 1.41 bits per heavy atom. The second-order valence-corrected chi connectivity index (χ2v) is 7.55. The number of ether oxygens (including phenoxy) is 1. The lowest BCUT2D eigenvalue weighted by Crippen LogP contribution is -2.47. The molecule has 1 aromatic carbocycles. The van der Waals surface area contributed by atoms with Crippen LogP contribution in [0.4, 0.5) is 0 Å². The average Bonchev–Trinajstić information content (AvgIpc) is 3.30. The summed E-state index contributed by atoms with van der Waals surface area (Å²) in [5, 5.41) is 12.8. The molecule has 0 bridgehead atoms. The van der Waals surface area contributed by atoms with E-state index in [2.05, 4.69) is 62.0 Å². The minimum Gasteiger partial charge on any atom is -0.377 e. The predicted octanol–water partition coefficient (Wildman–Crippen LogP) is 1.94. The van der Waals surface area contributed by atoms with Gasteiger partial charge in [-0.25, -0.2) is 9.67 Å². The highest BCUT2D eigenvalue weighted by Gasteiger charge is 2.22. The largest absolute Gasteiger partial charge is 0.377 e. The summed E-state index contributed by atoms with van der Waals surface area (Å²) >= 11 is 0. The molecule has 3 aromatic rings. The fourth-order valence-corrected chi connectivity index (χ4v) is 3.88. The second-order valence-electron chi connectivity index (χ2n) is 7.55. The molecule has 29 heavy (non-hydrogen) atoms. The number of rotatable bonds is 6. The second kappa shape index (κ2) is 8.65. The van der Waals surface area contributed by atoms with Crippen molar-refractivity contribution >= 4 is 16.9 Å². The summed E-state index contributed by atoms with van der Waals surface area (Å²) in [7, 11) is 3.47. The monoisotopic (exact) mass is 395 g/mol. The van der Waals surface area contributed by atoms with Gasteiger partial charge in [-0.05, 0) is 37.0 Å². The first-order valence-corrected chi connectivity index (χ1v) is 10.1. The van der Waals surface area contributed by atoms with Crippen molar-refractivity contribution < 1.29 is 4.74 Å². The summed E-state index contributed by atoms with van der Waals surface area (Å²) in [6.07, 6.45) is 4.95. The Bertz CT molecular complexity index is 1000. The van der Waals surface area contributed by atoms with Gasteiger partial charge in [0.05, 0.1) is 6.54 Å². The Labute approximate surface area is 170 Å². The molecule has 1 atom stereocenters. The first-order chi connectivity index (χ1) is 14.2. The Kier molecular flexibility index (Phi) is 5.80. The zero-order valence-corrected chi connectivity index (χ0v) is 17.3. The van der Waals surface area contributed by atoms with Gasteiger partial charge in [0.15, 0.2) is 11.8 Å². The van der Waals surface area contributed by atoms with Crippen LogP contribution in [0.1, 0.15) is 29.2 Å². The van der Waals surface area contributed by atoms with Crippen LogP contribution in [0.15, 0.2) is 29.4 Å². The molecule has 0 saturated heterocycles. The lowest BCUT2D eigenvalue weighted by atomic mass is 10.1. The van der Waals surface area contributed by atoms with Crippen LogP contribution in [0.3, 0.4) is 0 Å². The number of aliphatic imine (C=N–C) groups is 1. The standard InChI is InChI=1S/C21H29N7O/c1-14-4-6-17-15(11-24-18(17)10-14)8-9-23-21(22-2)25-16-5-7-20-26-19(13-29-3)27-28(20)12-16/h4,6,10-11,16,24H,5,7-9,12-13H2,1-3H3,(H2,22,23,25). The van der Waals surface area contributed by atoms with E-state index in [0.29, 0.717) is 6.61 Å². The van der Waals surface area contributed by atoms with Gasteiger partial charge in [0, 0.05) is 50.3 Å². The van der Waals surface area contributed by atoms with Crippen molar-refractivity contribution in [3.05, 3.63) is 47.2 Å². The maximum absolute atomic E-state index is 5.14. The van der Waals surface area contributed by atoms with E-state index in [1.54, 1.807) is 7.11 Å². The number of aromatic nitrogens is 4. The van der Waals surface area contributed by atoms with Gasteiger partial charge in [-0.15, -0.1) is 0 Å². The van der Waals surface area contributed by atoms with Crippen LogP contribution in [0.5, 0.6) is 0 Å². The van der Waals surface area contributed by atoms with Crippen molar-refractivity contribution in [2.75, 3.05) is 20.7 Å². The number of guanidine groups is 1. The molecule has 0 spiro atoms. The minimum atomic E-state index is 0.279. The van der Waals surface area contributed by atoms with Crippen LogP contribution in [0.2, 0.25) is 0 Å². The van der Waals surface area contributed by atoms with Crippen molar-refractivity contribution in [3.63, 3.8) is 0 Å². The van der Waals surface area contributed by atoms with Gasteiger partial charge in [-0.2, -0.15) is 5.10 Å². The van der Waals surface area contributed by atoms with Gasteiger partial charge in [0.2, 0.25) is 0 Å². The quantitative estimate of drug-likeness (QED) is 0.438. The molecule has 8 heteroatoms. The summed E-state index contributed by atoms with van der Waals surface area (Å²) in [6, 6.07) is 6.82. The van der Waals surface area contributed by atoms with Crippen molar-refractivity contribution in [2.45, 2.75) is 45.4 Å². The van der Waals surface area contributed by atoms with Crippen LogP contribution >= 0.6 is 0 Å². The molecule has 4 rings (SSSR count). The van der Waals surface area contributed by atoms with Gasteiger partial charge in [-0.3, -0.25) is 4.99 Å². The fraction of sp³-hybridized carbons (Fsp3) is 0.476. The number of nitrogens with zero attached hydrogens (tertiary/aromatic N) is 4. The van der Waals surface area contributed by atoms with E-state index < -0.39 is 0 Å². The molecule has 1 aliphatic heterocycles. The third kappa shape index (κ3) is 4.42. The van der Waals surface area contributed by atoms with Gasteiger partial charge in [0.25, 0.3) is 0 Å². The van der Waals surface area contributed by atoms with Crippen molar-refractivity contribution in [2.24, 2.45) is 4.99 Å². The number of hydrogen-bond donors (Lipinski definition) is 3. The summed E-state index contributed by atoms with van der Waals surface area (Å²) in [6.45, 7) is 4.17. The zero-order valence-electron chi connectivity index (χ0n) is 17.3. The van der Waals surface area contributed by atoms with Gasteiger partial charge in [0.1, 0.15) is 12.4 Å². The Hall–Kier alpha value is -2.87. The van der Waals surface area contributed by atoms with E-state index in [-0.39, 0.29) is 6.04 Å². The van der Waals surface area contributed by atoms with Gasteiger partial charge in [-0.1, -0.05) is 12.1 Å². The molecule has 3 heterocycles. The number of nitrogens with one attached hydrogen (secondary N) is 3. The molecule has 154 valence electrons. The summed E-state index contributed by atoms with van der Waals surface area (Å²) in [5.74, 6) is 2.61. The van der Waals surface area contributed by atoms with Crippen LogP contribution in [0.25, 0.3) is 10.9 Å². The van der Waals surface area contributed by atoms with Crippen LogP contribution in [-0.2, 0) is 30.7 Å². The minimum absolute atomic E-state index is 0.279. The summed E-state index contributed by atoms with van der Waals surface area (Å²) < 4.78 is 7.12. The summed E-state index contributed by atoms with van der Waals surface area (Å²) in [5.41, 5.74) is 3.78. The fourth-order valence-electron chi connectivity index (χ4n) is 3.88. The van der Waals surface area contributed by atoms with Crippen LogP contribution < -0.4 is 10.6 Å². The number of aromatic amines is 1. The van der Waals surface area contributed by atoms with Gasteiger partial charge >= 0.3 is 0 Å². The first kappa shape index (κ1) is 19.4. The molecule has 0 aliphatic carbocycles. The lowest BCUT2D eigenvalue weighted by Gasteiger charge is -2.25. The number of fused-ring (bicyclic) bond motifs is 2. The van der Waals surface area contributed by atoms with Gasteiger partial charge < -0.3 is 20.4 Å². The number of hydrogen-bond acceptors (Lipinski definition) is 4. The van der Waals surface area contributed by atoms with Crippen LogP contribution in [-0.4, -0.2) is 52.5 Å². The topological polar surface area (TPSA) is 92.2 Å². The highest BCUT2D eigenvalue weighted by Crippen LogP contribution is 2.19. The third-order valence-electron chi connectivity index (χ3n) is 5.35. The normalized spacial score (nSPS) is 16.8. The average molecular weight is 396 g/mol. The molecule has 0 fully saturated rings. The zero-order chi connectivity index (χ0) is 20.2. The molecule has 0 amide bonds. The predicted molar refractivity (Wildman–Crippen MR) is 114 cm³/mol. The number of aryl methyl sites for hydroxylation is 2. The molecule has 2 aromatic heterocycles. The van der Waals surface area contributed by atoms with E-state index in [9.17, 15) is 0 Å². The molecule has 1 unspecified atom stereocenters. The number of H-pyrrole nitrogens is 1. The van der Waals surface area contributed by atoms with Crippen molar-refractivity contribution in [3.8, 4) is 0 Å². The summed E-state index contributed by atoms with van der Waals surface area (Å²) in [4.78, 5) is 12.3. The maximum Gasteiger partial charge on any atom is 0.191 e. The third-order valence-corrected chi connectivity index (χ3v) is 5.35. The molecular formula is C21H29N7O. The SMILES string of the molecule is CN=C(NCCc1c[nH]c2cc(C)ccc12)NC1CCc2nc(COC)nn2C1. The van der Waals surface area contributed by atoms with E-state index in [4.69, 9.17) is 4.74 Å².